The van der Waals surface area contributed by atoms with E-state index in [0.717, 1.165) is 10.6 Å². The largest absolute Gasteiger partial charge is 0.497 e. The van der Waals surface area contributed by atoms with Crippen LogP contribution in [0.15, 0.2) is 40.5 Å². The van der Waals surface area contributed by atoms with Crippen LogP contribution in [0.5, 0.6) is 5.75 Å². The van der Waals surface area contributed by atoms with Gasteiger partial charge in [0.25, 0.3) is 0 Å². The number of nitrogens with two attached hydrogens (primary N) is 1. The number of imidazole rings is 1. The van der Waals surface area contributed by atoms with Crippen molar-refractivity contribution < 1.29 is 22.6 Å². The Morgan fingerprint density at radius 1 is 1.30 bits per heavy atom. The molecule has 0 saturated heterocycles. The van der Waals surface area contributed by atoms with Crippen molar-refractivity contribution in [1.82, 2.24) is 19.5 Å². The molecule has 2 unspecified atom stereocenters. The summed E-state index contributed by atoms with van der Waals surface area (Å²) in [5.41, 5.74) is 7.02. The molecule has 2 heterocycles. The lowest BCUT2D eigenvalue weighted by atomic mass is 10.3. The van der Waals surface area contributed by atoms with Gasteiger partial charge in [0, 0.05) is 4.90 Å². The molecule has 0 aliphatic carbocycles. The van der Waals surface area contributed by atoms with Gasteiger partial charge in [0.2, 0.25) is 5.95 Å². The minimum atomic E-state index is -4.16. The van der Waals surface area contributed by atoms with Gasteiger partial charge in [0.05, 0.1) is 38.6 Å². The molecule has 3 aromatic rings. The molecule has 162 valence electrons. The molecule has 12 heteroatoms. The molecule has 0 amide bonds. The molecule has 2 aromatic heterocycles. The maximum absolute atomic E-state index is 12.2. The molecule has 0 bridgehead atoms. The molecule has 7 nitrogen and oxygen atoms in total. The third-order valence-electron chi connectivity index (χ3n) is 3.95. The third-order valence-corrected chi connectivity index (χ3v) is 5.94. The van der Waals surface area contributed by atoms with E-state index in [1.807, 2.05) is 24.3 Å². The van der Waals surface area contributed by atoms with Crippen LogP contribution in [-0.4, -0.2) is 51.4 Å². The van der Waals surface area contributed by atoms with Gasteiger partial charge in [0.15, 0.2) is 5.65 Å². The number of ether oxygens (including phenoxy) is 2. The van der Waals surface area contributed by atoms with Crippen LogP contribution in [0.1, 0.15) is 6.92 Å². The maximum atomic E-state index is 12.2. The zero-order valence-corrected chi connectivity index (χ0v) is 18.1. The lowest BCUT2D eigenvalue weighted by molar-refractivity contribution is -0.106. The first-order valence-electron chi connectivity index (χ1n) is 8.94. The number of benzene rings is 1. The average molecular weight is 459 g/mol. The Morgan fingerprint density at radius 3 is 2.83 bits per heavy atom. The third kappa shape index (κ3) is 6.20. The summed E-state index contributed by atoms with van der Waals surface area (Å²) < 4.78 is 49.2. The van der Waals surface area contributed by atoms with Crippen LogP contribution >= 0.6 is 20.3 Å². The van der Waals surface area contributed by atoms with Gasteiger partial charge in [-0.3, -0.25) is 0 Å². The molecule has 2 N–H and O–H groups in total. The first-order valence-corrected chi connectivity index (χ1v) is 11.2. The van der Waals surface area contributed by atoms with Crippen molar-refractivity contribution in [2.75, 3.05) is 25.4 Å². The number of methoxy groups -OCH3 is 1. The molecule has 0 fully saturated rings. The predicted molar refractivity (Wildman–Crippen MR) is 112 cm³/mol. The monoisotopic (exact) mass is 459 g/mol. The average Bonchev–Trinajstić information content (AvgIpc) is 3.07. The van der Waals surface area contributed by atoms with Crippen LogP contribution in [0.25, 0.3) is 11.2 Å². The van der Waals surface area contributed by atoms with E-state index in [-0.39, 0.29) is 27.0 Å². The van der Waals surface area contributed by atoms with Gasteiger partial charge in [-0.1, -0.05) is 26.4 Å². The van der Waals surface area contributed by atoms with E-state index in [9.17, 15) is 13.2 Å². The Kier molecular flexibility index (Phi) is 7.38. The molecule has 0 aliphatic heterocycles. The van der Waals surface area contributed by atoms with E-state index in [0.29, 0.717) is 22.7 Å². The van der Waals surface area contributed by atoms with Crippen LogP contribution < -0.4 is 10.5 Å². The van der Waals surface area contributed by atoms with Crippen molar-refractivity contribution in [3.8, 4) is 5.75 Å². The van der Waals surface area contributed by atoms with Gasteiger partial charge in [-0.25, -0.2) is 9.97 Å². The molecular weight excluding hydrogens is 438 g/mol. The first-order chi connectivity index (χ1) is 14.2. The zero-order valence-electron chi connectivity index (χ0n) is 16.3. The molecule has 0 spiro atoms. The summed E-state index contributed by atoms with van der Waals surface area (Å²) in [6, 6.07) is 7.52. The highest BCUT2D eigenvalue weighted by Gasteiger charge is 2.26. The summed E-state index contributed by atoms with van der Waals surface area (Å²) in [4.78, 5) is 13.9. The van der Waals surface area contributed by atoms with E-state index in [4.69, 9.17) is 15.2 Å². The van der Waals surface area contributed by atoms with Gasteiger partial charge >= 0.3 is 6.18 Å². The van der Waals surface area contributed by atoms with Crippen LogP contribution in [0.4, 0.5) is 19.1 Å². The van der Waals surface area contributed by atoms with Crippen molar-refractivity contribution in [1.29, 1.82) is 0 Å². The van der Waals surface area contributed by atoms with Gasteiger partial charge in [-0.2, -0.15) is 18.2 Å². The molecular formula is C18H21F3N5O2PS. The molecule has 30 heavy (non-hydrogen) atoms. The second kappa shape index (κ2) is 9.80. The minimum Gasteiger partial charge on any atom is -0.497 e. The lowest BCUT2D eigenvalue weighted by Gasteiger charge is -2.14. The van der Waals surface area contributed by atoms with Crippen molar-refractivity contribution in [2.24, 2.45) is 0 Å². The van der Waals surface area contributed by atoms with Gasteiger partial charge < -0.3 is 19.8 Å². The van der Waals surface area contributed by atoms with Crippen LogP contribution in [0, 0.1) is 0 Å². The second-order valence-corrected chi connectivity index (χ2v) is 8.61. The van der Waals surface area contributed by atoms with Crippen molar-refractivity contribution in [3.63, 3.8) is 0 Å². The molecule has 1 aromatic carbocycles. The lowest BCUT2D eigenvalue weighted by Crippen LogP contribution is -2.17. The smallest absolute Gasteiger partial charge is 0.392 e. The van der Waals surface area contributed by atoms with E-state index < -0.39 is 12.3 Å². The number of nitrogens with zero attached hydrogens (tertiary/aromatic N) is 4. The van der Waals surface area contributed by atoms with E-state index in [1.54, 1.807) is 24.9 Å². The summed E-state index contributed by atoms with van der Waals surface area (Å²) in [6.45, 7) is 2.17. The summed E-state index contributed by atoms with van der Waals surface area (Å²) in [7, 11) is 1.27. The highest BCUT2D eigenvalue weighted by atomic mass is 32.2. The Balaban J connectivity index is 1.72. The summed E-state index contributed by atoms with van der Waals surface area (Å²) in [6.07, 6.45) is -3.64. The molecule has 0 saturated carbocycles. The van der Waals surface area contributed by atoms with Gasteiger partial charge in [0.1, 0.15) is 16.3 Å². The molecule has 3 rings (SSSR count). The molecule has 2 atom stereocenters. The highest BCUT2D eigenvalue weighted by Crippen LogP contribution is 2.33. The number of nitrogen functional groups attached to an aromatic ring is 1. The van der Waals surface area contributed by atoms with Crippen molar-refractivity contribution in [3.05, 3.63) is 30.6 Å². The van der Waals surface area contributed by atoms with Gasteiger partial charge in [-0.15, -0.1) is 0 Å². The fourth-order valence-electron chi connectivity index (χ4n) is 2.64. The van der Waals surface area contributed by atoms with Crippen molar-refractivity contribution in [2.45, 2.75) is 35.7 Å². The number of hydrogen-bond donors (Lipinski definition) is 1. The number of aromatic nitrogens is 4. The number of alkyl halides is 3. The van der Waals surface area contributed by atoms with Crippen LogP contribution in [0.3, 0.4) is 0 Å². The van der Waals surface area contributed by atoms with Crippen LogP contribution in [-0.2, 0) is 11.3 Å². The summed E-state index contributed by atoms with van der Waals surface area (Å²) in [5.74, 6) is 0.830. The van der Waals surface area contributed by atoms with Gasteiger partial charge in [-0.05, 0) is 25.1 Å². The Hall–Kier alpha value is -2.10. The summed E-state index contributed by atoms with van der Waals surface area (Å²) >= 11 is 1.39. The number of rotatable bonds is 9. The zero-order chi connectivity index (χ0) is 21.7. The SMILES string of the molecule is COc1cccc(Sc2nc(N)nc3c2ncn3CC(C)OCPCC(F)(F)F)c1. The minimum absolute atomic E-state index is 0.0569. The molecule has 0 radical (unpaired) electrons. The summed E-state index contributed by atoms with van der Waals surface area (Å²) in [5, 5.41) is 0.602. The number of halogens is 3. The Bertz CT molecular complexity index is 1000. The fourth-order valence-corrected chi connectivity index (χ4v) is 4.35. The number of fused-ring (bicyclic) bond motifs is 1. The standard InChI is InChI=1S/C18H21F3N5O2PS/c1-11(28-10-29-8-18(19,20)21)7-26-9-23-14-15(26)24-17(22)25-16(14)30-13-5-3-4-12(6-13)27-2/h3-6,9,11,29H,7-8,10H2,1-2H3,(H2,22,24,25). The second-order valence-electron chi connectivity index (χ2n) is 6.40. The Morgan fingerprint density at radius 2 is 2.10 bits per heavy atom. The number of hydrogen-bond acceptors (Lipinski definition) is 7. The maximum Gasteiger partial charge on any atom is 0.392 e. The van der Waals surface area contributed by atoms with Crippen molar-refractivity contribution >= 4 is 37.5 Å². The Labute approximate surface area is 177 Å². The van der Waals surface area contributed by atoms with E-state index >= 15 is 0 Å². The molecule has 0 aliphatic rings. The van der Waals surface area contributed by atoms with E-state index in [2.05, 4.69) is 15.0 Å². The van der Waals surface area contributed by atoms with E-state index in [1.165, 1.54) is 11.8 Å². The number of anilines is 1. The topological polar surface area (TPSA) is 88.1 Å². The normalized spacial score (nSPS) is 13.4. The highest BCUT2D eigenvalue weighted by molar-refractivity contribution is 7.99. The first kappa shape index (κ1) is 22.6. The quantitative estimate of drug-likeness (QED) is 0.292. The fraction of sp³-hybridized carbons (Fsp3) is 0.389. The van der Waals surface area contributed by atoms with Crippen LogP contribution in [0.2, 0.25) is 0 Å². The predicted octanol–water partition coefficient (Wildman–Crippen LogP) is 4.17.